The van der Waals surface area contributed by atoms with Crippen LogP contribution in [0.2, 0.25) is 0 Å². The first-order valence-corrected chi connectivity index (χ1v) is 9.79. The summed E-state index contributed by atoms with van der Waals surface area (Å²) in [6.45, 7) is 0. The van der Waals surface area contributed by atoms with Gasteiger partial charge in [0.1, 0.15) is 17.8 Å². The van der Waals surface area contributed by atoms with Crippen LogP contribution in [0.5, 0.6) is 0 Å². The van der Waals surface area contributed by atoms with Gasteiger partial charge in [0.2, 0.25) is 5.91 Å². The van der Waals surface area contributed by atoms with Crippen LogP contribution < -0.4 is 5.32 Å². The molecule has 4 rings (SSSR count). The van der Waals surface area contributed by atoms with Gasteiger partial charge in [0.15, 0.2) is 17.9 Å². The van der Waals surface area contributed by atoms with E-state index >= 15 is 0 Å². The van der Waals surface area contributed by atoms with Gasteiger partial charge in [0.05, 0.1) is 0 Å². The second kappa shape index (κ2) is 8.48. The van der Waals surface area contributed by atoms with E-state index in [9.17, 15) is 14.0 Å². The Hall–Kier alpha value is -3.49. The van der Waals surface area contributed by atoms with Crippen LogP contribution in [0.15, 0.2) is 53.6 Å². The third-order valence-electron chi connectivity index (χ3n) is 5.53. The van der Waals surface area contributed by atoms with Crippen molar-refractivity contribution in [1.29, 1.82) is 0 Å². The van der Waals surface area contributed by atoms with Crippen LogP contribution in [-0.4, -0.2) is 44.6 Å². The zero-order valence-corrected chi connectivity index (χ0v) is 16.5. The first-order chi connectivity index (χ1) is 14.5. The predicted molar refractivity (Wildman–Crippen MR) is 106 cm³/mol. The molecular formula is C21H22FN5O3. The van der Waals surface area contributed by atoms with Gasteiger partial charge >= 0.3 is 0 Å². The van der Waals surface area contributed by atoms with Crippen molar-refractivity contribution in [1.82, 2.24) is 19.7 Å². The van der Waals surface area contributed by atoms with E-state index in [0.29, 0.717) is 24.3 Å². The van der Waals surface area contributed by atoms with Gasteiger partial charge in [-0.2, -0.15) is 0 Å². The maximum atomic E-state index is 13.9. The minimum Gasteiger partial charge on any atom is -0.451 e. The molecule has 0 aliphatic heterocycles. The average molecular weight is 411 g/mol. The third kappa shape index (κ3) is 4.10. The second-order valence-electron chi connectivity index (χ2n) is 7.38. The standard InChI is InChI=1S/C21H22FN5O3/c1-26(21(29)17-12-30-13-23-17)15-8-6-14(7-9-15)20(28)24-19-10-11-27(25-19)18-5-3-2-4-16(18)22/h2-5,10-15H,6-9H2,1H3,(H,24,25,28). The van der Waals surface area contributed by atoms with Crippen molar-refractivity contribution in [2.24, 2.45) is 5.92 Å². The summed E-state index contributed by atoms with van der Waals surface area (Å²) in [7, 11) is 1.75. The molecule has 156 valence electrons. The fraction of sp³-hybridized carbons (Fsp3) is 0.333. The Morgan fingerprint density at radius 1 is 1.20 bits per heavy atom. The Labute approximate surface area is 172 Å². The van der Waals surface area contributed by atoms with Gasteiger partial charge < -0.3 is 14.6 Å². The normalized spacial score (nSPS) is 18.7. The van der Waals surface area contributed by atoms with Crippen LogP contribution in [0.25, 0.3) is 5.69 Å². The maximum absolute atomic E-state index is 13.9. The van der Waals surface area contributed by atoms with Crippen LogP contribution in [0.3, 0.4) is 0 Å². The van der Waals surface area contributed by atoms with Crippen molar-refractivity contribution in [3.05, 3.63) is 60.7 Å². The fourth-order valence-electron chi connectivity index (χ4n) is 3.78. The van der Waals surface area contributed by atoms with E-state index < -0.39 is 0 Å². The summed E-state index contributed by atoms with van der Waals surface area (Å²) >= 11 is 0. The number of carbonyl (C=O) groups excluding carboxylic acids is 2. The number of halogens is 1. The van der Waals surface area contributed by atoms with Crippen LogP contribution in [0.4, 0.5) is 10.2 Å². The highest BCUT2D eigenvalue weighted by molar-refractivity contribution is 5.92. The van der Waals surface area contributed by atoms with Gasteiger partial charge in [0, 0.05) is 31.3 Å². The third-order valence-corrected chi connectivity index (χ3v) is 5.53. The number of para-hydroxylation sites is 1. The van der Waals surface area contributed by atoms with Gasteiger partial charge in [-0.1, -0.05) is 12.1 Å². The van der Waals surface area contributed by atoms with E-state index in [1.165, 1.54) is 23.4 Å². The van der Waals surface area contributed by atoms with Crippen molar-refractivity contribution in [3.63, 3.8) is 0 Å². The zero-order valence-electron chi connectivity index (χ0n) is 16.5. The highest BCUT2D eigenvalue weighted by atomic mass is 19.1. The lowest BCUT2D eigenvalue weighted by atomic mass is 9.85. The van der Waals surface area contributed by atoms with Crippen molar-refractivity contribution >= 4 is 17.6 Å². The molecule has 0 unspecified atom stereocenters. The number of hydrogen-bond acceptors (Lipinski definition) is 5. The molecule has 30 heavy (non-hydrogen) atoms. The van der Waals surface area contributed by atoms with Gasteiger partial charge in [-0.25, -0.2) is 14.1 Å². The number of anilines is 1. The Kier molecular flexibility index (Phi) is 5.60. The summed E-state index contributed by atoms with van der Waals surface area (Å²) in [6.07, 6.45) is 6.95. The summed E-state index contributed by atoms with van der Waals surface area (Å²) in [4.78, 5) is 30.6. The molecule has 1 fully saturated rings. The predicted octanol–water partition coefficient (Wildman–Crippen LogP) is 3.27. The summed E-state index contributed by atoms with van der Waals surface area (Å²) in [5, 5.41) is 7.06. The monoisotopic (exact) mass is 411 g/mol. The summed E-state index contributed by atoms with van der Waals surface area (Å²) in [5.74, 6) is -0.465. The minimum atomic E-state index is -0.388. The molecule has 1 saturated carbocycles. The molecule has 0 atom stereocenters. The van der Waals surface area contributed by atoms with Gasteiger partial charge in [-0.05, 0) is 37.8 Å². The van der Waals surface area contributed by atoms with Crippen LogP contribution >= 0.6 is 0 Å². The Balaban J connectivity index is 1.32. The lowest BCUT2D eigenvalue weighted by Gasteiger charge is -2.33. The molecule has 0 bridgehead atoms. The molecule has 2 aromatic heterocycles. The molecule has 1 aliphatic rings. The summed E-state index contributed by atoms with van der Waals surface area (Å²) < 4.78 is 20.2. The topological polar surface area (TPSA) is 93.3 Å². The number of nitrogens with one attached hydrogen (secondary N) is 1. The first kappa shape index (κ1) is 19.8. The minimum absolute atomic E-state index is 0.0542. The molecule has 1 aromatic carbocycles. The molecule has 9 heteroatoms. The van der Waals surface area contributed by atoms with Crippen LogP contribution in [-0.2, 0) is 4.79 Å². The number of benzene rings is 1. The molecule has 1 aliphatic carbocycles. The van der Waals surface area contributed by atoms with E-state index in [1.54, 1.807) is 42.4 Å². The first-order valence-electron chi connectivity index (χ1n) is 9.79. The number of amides is 2. The number of rotatable bonds is 5. The largest absolute Gasteiger partial charge is 0.451 e. The van der Waals surface area contributed by atoms with Gasteiger partial charge in [-0.15, -0.1) is 5.10 Å². The lowest BCUT2D eigenvalue weighted by molar-refractivity contribution is -0.121. The van der Waals surface area contributed by atoms with Crippen molar-refractivity contribution in [2.45, 2.75) is 31.7 Å². The Morgan fingerprint density at radius 3 is 2.67 bits per heavy atom. The molecule has 0 saturated heterocycles. The smallest absolute Gasteiger partial charge is 0.275 e. The molecule has 8 nitrogen and oxygen atoms in total. The van der Waals surface area contributed by atoms with E-state index in [2.05, 4.69) is 15.4 Å². The number of carbonyl (C=O) groups is 2. The Morgan fingerprint density at radius 2 is 1.97 bits per heavy atom. The number of hydrogen-bond donors (Lipinski definition) is 1. The van der Waals surface area contributed by atoms with Gasteiger partial charge in [0.25, 0.3) is 5.91 Å². The molecule has 1 N–H and O–H groups in total. The lowest BCUT2D eigenvalue weighted by Crippen LogP contribution is -2.41. The second-order valence-corrected chi connectivity index (χ2v) is 7.38. The van der Waals surface area contributed by atoms with E-state index in [-0.39, 0.29) is 35.3 Å². The summed E-state index contributed by atoms with van der Waals surface area (Å²) in [6, 6.07) is 8.00. The quantitative estimate of drug-likeness (QED) is 0.696. The van der Waals surface area contributed by atoms with E-state index in [1.807, 2.05) is 0 Å². The molecule has 3 aromatic rings. The number of nitrogens with zero attached hydrogens (tertiary/aromatic N) is 4. The number of aromatic nitrogens is 3. The molecule has 2 heterocycles. The molecule has 2 amide bonds. The SMILES string of the molecule is CN(C(=O)c1cocn1)C1CCC(C(=O)Nc2ccn(-c3ccccc3F)n2)CC1. The molecule has 0 spiro atoms. The van der Waals surface area contributed by atoms with Crippen molar-refractivity contribution in [2.75, 3.05) is 12.4 Å². The summed E-state index contributed by atoms with van der Waals surface area (Å²) in [5.41, 5.74) is 0.598. The highest BCUT2D eigenvalue weighted by Gasteiger charge is 2.31. The Bertz CT molecular complexity index is 1020. The van der Waals surface area contributed by atoms with Gasteiger partial charge in [-0.3, -0.25) is 9.59 Å². The molecular weight excluding hydrogens is 389 g/mol. The van der Waals surface area contributed by atoms with Crippen molar-refractivity contribution < 1.29 is 18.4 Å². The van der Waals surface area contributed by atoms with E-state index in [4.69, 9.17) is 4.42 Å². The van der Waals surface area contributed by atoms with Crippen LogP contribution in [0, 0.1) is 11.7 Å². The fourth-order valence-corrected chi connectivity index (χ4v) is 3.78. The van der Waals surface area contributed by atoms with Crippen LogP contribution in [0.1, 0.15) is 36.2 Å². The average Bonchev–Trinajstić information content (AvgIpc) is 3.45. The highest BCUT2D eigenvalue weighted by Crippen LogP contribution is 2.28. The zero-order chi connectivity index (χ0) is 21.1. The van der Waals surface area contributed by atoms with E-state index in [0.717, 1.165) is 12.8 Å². The van der Waals surface area contributed by atoms with Crippen molar-refractivity contribution in [3.8, 4) is 5.69 Å². The molecule has 0 radical (unpaired) electrons. The number of oxazole rings is 1. The maximum Gasteiger partial charge on any atom is 0.275 e.